The average Bonchev–Trinajstić information content (AvgIpc) is 2.92. The molecule has 0 spiro atoms. The number of amides is 1. The Morgan fingerprint density at radius 2 is 2.04 bits per heavy atom. The van der Waals surface area contributed by atoms with E-state index in [0.717, 1.165) is 18.2 Å². The van der Waals surface area contributed by atoms with Crippen LogP contribution in [0.5, 0.6) is 0 Å². The summed E-state index contributed by atoms with van der Waals surface area (Å²) in [6.07, 6.45) is 1.75. The highest BCUT2D eigenvalue weighted by Crippen LogP contribution is 2.11. The lowest BCUT2D eigenvalue weighted by Crippen LogP contribution is -2.31. The van der Waals surface area contributed by atoms with E-state index in [0.29, 0.717) is 5.65 Å². The Morgan fingerprint density at radius 3 is 2.84 bits per heavy atom. The molecule has 2 aromatic heterocycles. The van der Waals surface area contributed by atoms with Gasteiger partial charge >= 0.3 is 5.69 Å². The molecule has 0 aliphatic rings. The zero-order chi connectivity index (χ0) is 17.8. The summed E-state index contributed by atoms with van der Waals surface area (Å²) in [5, 5.41) is 6.79. The Labute approximate surface area is 141 Å². The van der Waals surface area contributed by atoms with Crippen LogP contribution in [0.4, 0.5) is 8.78 Å². The van der Waals surface area contributed by atoms with Crippen molar-refractivity contribution in [3.63, 3.8) is 0 Å². The second-order valence-corrected chi connectivity index (χ2v) is 5.52. The quantitative estimate of drug-likeness (QED) is 0.736. The van der Waals surface area contributed by atoms with E-state index in [9.17, 15) is 18.4 Å². The summed E-state index contributed by atoms with van der Waals surface area (Å²) >= 11 is 0. The number of benzene rings is 1. The van der Waals surface area contributed by atoms with Gasteiger partial charge in [0, 0.05) is 19.2 Å². The number of nitrogens with one attached hydrogen (secondary N) is 1. The summed E-state index contributed by atoms with van der Waals surface area (Å²) in [6.45, 7) is 0.439. The third kappa shape index (κ3) is 3.90. The lowest BCUT2D eigenvalue weighted by Gasteiger charge is -2.06. The maximum Gasteiger partial charge on any atom is 0.350 e. The van der Waals surface area contributed by atoms with E-state index in [1.54, 1.807) is 24.4 Å². The maximum absolute atomic E-state index is 13.5. The molecule has 0 aliphatic carbocycles. The summed E-state index contributed by atoms with van der Waals surface area (Å²) in [5.74, 6) is -1.38. The highest BCUT2D eigenvalue weighted by Gasteiger charge is 2.09. The van der Waals surface area contributed by atoms with Gasteiger partial charge in [0.1, 0.15) is 11.6 Å². The minimum Gasteiger partial charge on any atom is -0.354 e. The molecule has 3 aromatic rings. The molecule has 2 heterocycles. The van der Waals surface area contributed by atoms with Crippen molar-refractivity contribution in [2.75, 3.05) is 6.54 Å². The van der Waals surface area contributed by atoms with Crippen molar-refractivity contribution in [1.82, 2.24) is 19.5 Å². The van der Waals surface area contributed by atoms with Crippen LogP contribution in [0.25, 0.3) is 5.65 Å². The predicted molar refractivity (Wildman–Crippen MR) is 87.1 cm³/mol. The van der Waals surface area contributed by atoms with Crippen molar-refractivity contribution < 1.29 is 13.6 Å². The van der Waals surface area contributed by atoms with Crippen LogP contribution in [-0.2, 0) is 17.8 Å². The normalized spacial score (nSPS) is 11.0. The van der Waals surface area contributed by atoms with Crippen LogP contribution in [0, 0.1) is 11.6 Å². The van der Waals surface area contributed by atoms with Crippen molar-refractivity contribution in [3.8, 4) is 0 Å². The Morgan fingerprint density at radius 1 is 1.20 bits per heavy atom. The van der Waals surface area contributed by atoms with Crippen LogP contribution in [0.1, 0.15) is 12.0 Å². The fourth-order valence-corrected chi connectivity index (χ4v) is 2.49. The molecule has 3 rings (SSSR count). The predicted octanol–water partition coefficient (Wildman–Crippen LogP) is 1.52. The Bertz CT molecular complexity index is 965. The molecule has 0 unspecified atom stereocenters. The number of nitrogens with zero attached hydrogens (tertiary/aromatic N) is 3. The average molecular weight is 346 g/mol. The minimum atomic E-state index is -0.539. The summed E-state index contributed by atoms with van der Waals surface area (Å²) in [5.41, 5.74) is 0.402. The van der Waals surface area contributed by atoms with E-state index < -0.39 is 11.6 Å². The first kappa shape index (κ1) is 16.8. The number of hydrogen-bond donors (Lipinski definition) is 1. The van der Waals surface area contributed by atoms with Gasteiger partial charge in [-0.1, -0.05) is 6.07 Å². The van der Waals surface area contributed by atoms with Crippen molar-refractivity contribution in [2.24, 2.45) is 0 Å². The Balaban J connectivity index is 1.51. The summed E-state index contributed by atoms with van der Waals surface area (Å²) < 4.78 is 29.2. The molecule has 130 valence electrons. The number of rotatable bonds is 6. The molecule has 0 saturated carbocycles. The molecular formula is C17H16F2N4O2. The molecule has 1 amide bonds. The Hall–Kier alpha value is -3.03. The second-order valence-electron chi connectivity index (χ2n) is 5.52. The number of fused-ring (bicyclic) bond motifs is 1. The van der Waals surface area contributed by atoms with E-state index >= 15 is 0 Å². The van der Waals surface area contributed by atoms with Gasteiger partial charge < -0.3 is 5.32 Å². The number of aromatic nitrogens is 3. The van der Waals surface area contributed by atoms with Crippen molar-refractivity contribution >= 4 is 11.6 Å². The van der Waals surface area contributed by atoms with Crippen molar-refractivity contribution in [3.05, 3.63) is 70.3 Å². The molecule has 0 aliphatic heterocycles. The first-order chi connectivity index (χ1) is 12.0. The molecule has 0 saturated heterocycles. The molecule has 0 radical (unpaired) electrons. The monoisotopic (exact) mass is 346 g/mol. The van der Waals surface area contributed by atoms with E-state index in [4.69, 9.17) is 0 Å². The zero-order valence-electron chi connectivity index (χ0n) is 13.3. The smallest absolute Gasteiger partial charge is 0.350 e. The second kappa shape index (κ2) is 7.25. The van der Waals surface area contributed by atoms with Crippen molar-refractivity contribution in [1.29, 1.82) is 0 Å². The Kier molecular flexibility index (Phi) is 4.87. The first-order valence-electron chi connectivity index (χ1n) is 7.79. The molecule has 6 nitrogen and oxygen atoms in total. The van der Waals surface area contributed by atoms with E-state index in [-0.39, 0.29) is 43.1 Å². The van der Waals surface area contributed by atoms with Crippen LogP contribution in [-0.4, -0.2) is 26.6 Å². The number of aryl methyl sites for hydroxylation is 1. The first-order valence-corrected chi connectivity index (χ1v) is 7.79. The van der Waals surface area contributed by atoms with E-state index in [1.165, 1.54) is 9.08 Å². The van der Waals surface area contributed by atoms with Crippen LogP contribution >= 0.6 is 0 Å². The van der Waals surface area contributed by atoms with Gasteiger partial charge in [0.05, 0.1) is 6.54 Å². The number of carbonyl (C=O) groups is 1. The highest BCUT2D eigenvalue weighted by molar-refractivity contribution is 5.76. The fraction of sp³-hybridized carbons (Fsp3) is 0.235. The lowest BCUT2D eigenvalue weighted by atomic mass is 10.1. The lowest BCUT2D eigenvalue weighted by molar-refractivity contribution is -0.121. The maximum atomic E-state index is 13.5. The highest BCUT2D eigenvalue weighted by atomic mass is 19.1. The van der Waals surface area contributed by atoms with Gasteiger partial charge in [-0.05, 0) is 42.3 Å². The van der Waals surface area contributed by atoms with Crippen LogP contribution in [0.15, 0.2) is 47.4 Å². The summed E-state index contributed by atoms with van der Waals surface area (Å²) in [7, 11) is 0. The van der Waals surface area contributed by atoms with Gasteiger partial charge in [-0.15, -0.1) is 5.10 Å². The molecule has 1 N–H and O–H groups in total. The van der Waals surface area contributed by atoms with Gasteiger partial charge in [0.2, 0.25) is 5.91 Å². The topological polar surface area (TPSA) is 68.4 Å². The molecule has 0 atom stereocenters. The third-order valence-corrected chi connectivity index (χ3v) is 3.76. The largest absolute Gasteiger partial charge is 0.354 e. The number of pyridine rings is 1. The van der Waals surface area contributed by atoms with Crippen LogP contribution < -0.4 is 11.0 Å². The molecule has 0 fully saturated rings. The van der Waals surface area contributed by atoms with Gasteiger partial charge in [0.15, 0.2) is 5.65 Å². The van der Waals surface area contributed by atoms with Gasteiger partial charge in [-0.2, -0.15) is 0 Å². The molecule has 1 aromatic carbocycles. The number of carbonyl (C=O) groups excluding carboxylic acids is 1. The number of halogens is 2. The fourth-order valence-electron chi connectivity index (χ4n) is 2.49. The summed E-state index contributed by atoms with van der Waals surface area (Å²) in [6, 6.07) is 8.37. The zero-order valence-corrected chi connectivity index (χ0v) is 13.3. The van der Waals surface area contributed by atoms with Gasteiger partial charge in [-0.3, -0.25) is 9.20 Å². The SMILES string of the molecule is O=C(CCc1cc(F)ccc1F)NCCn1nc2ccccn2c1=O. The molecular weight excluding hydrogens is 330 g/mol. The summed E-state index contributed by atoms with van der Waals surface area (Å²) in [4.78, 5) is 23.9. The van der Waals surface area contributed by atoms with Gasteiger partial charge in [0.25, 0.3) is 0 Å². The van der Waals surface area contributed by atoms with Crippen LogP contribution in [0.2, 0.25) is 0 Å². The minimum absolute atomic E-state index is 0.0282. The molecule has 8 heteroatoms. The standard InChI is InChI=1S/C17H16F2N4O2/c18-13-5-6-14(19)12(11-13)4-7-16(24)20-8-10-23-17(25)22-9-2-1-3-15(22)21-23/h1-3,5-6,9,11H,4,7-8,10H2,(H,20,24). The van der Waals surface area contributed by atoms with Crippen LogP contribution in [0.3, 0.4) is 0 Å². The van der Waals surface area contributed by atoms with Crippen molar-refractivity contribution in [2.45, 2.75) is 19.4 Å². The van der Waals surface area contributed by atoms with E-state index in [1.807, 2.05) is 0 Å². The molecule has 25 heavy (non-hydrogen) atoms. The third-order valence-electron chi connectivity index (χ3n) is 3.76. The molecule has 0 bridgehead atoms. The number of hydrogen-bond acceptors (Lipinski definition) is 3. The van der Waals surface area contributed by atoms with E-state index in [2.05, 4.69) is 10.4 Å². The van der Waals surface area contributed by atoms with Gasteiger partial charge in [-0.25, -0.2) is 18.3 Å².